The summed E-state index contributed by atoms with van der Waals surface area (Å²) in [5.41, 5.74) is 0. The summed E-state index contributed by atoms with van der Waals surface area (Å²) in [6.07, 6.45) is 2.83. The Labute approximate surface area is 158 Å². The number of hydrogen-bond acceptors (Lipinski definition) is 4. The largest absolute Gasteiger partial charge is 0.484 e. The fraction of sp³-hybridized carbons (Fsp3) is 0.550. The standard InChI is InChI=1S/C20H26N2O5/c23-18(14-27-17-8-2-1-3-9-17)21-10-4-6-15(12-21)19(24)22-11-5-7-16(13-22)20(25)26/h1-3,8-9,15-16H,4-7,10-14H2,(H,25,26). The Morgan fingerprint density at radius 3 is 2.30 bits per heavy atom. The maximum Gasteiger partial charge on any atom is 0.308 e. The molecule has 0 saturated carbocycles. The van der Waals surface area contributed by atoms with Crippen LogP contribution in [-0.4, -0.2) is 65.5 Å². The lowest BCUT2D eigenvalue weighted by atomic mass is 9.93. The second kappa shape index (κ2) is 8.88. The first kappa shape index (κ1) is 19.2. The van der Waals surface area contributed by atoms with Gasteiger partial charge in [0.05, 0.1) is 11.8 Å². The SMILES string of the molecule is O=C(O)C1CCCN(C(=O)C2CCCN(C(=O)COc3ccccc3)C2)C1. The molecule has 2 amide bonds. The van der Waals surface area contributed by atoms with Crippen LogP contribution in [0.4, 0.5) is 0 Å². The van der Waals surface area contributed by atoms with Crippen LogP contribution in [0.1, 0.15) is 25.7 Å². The molecule has 1 N–H and O–H groups in total. The van der Waals surface area contributed by atoms with Gasteiger partial charge in [-0.1, -0.05) is 18.2 Å². The van der Waals surface area contributed by atoms with Crippen molar-refractivity contribution in [1.82, 2.24) is 9.80 Å². The van der Waals surface area contributed by atoms with Crippen LogP contribution in [0.25, 0.3) is 0 Å². The highest BCUT2D eigenvalue weighted by Crippen LogP contribution is 2.23. The van der Waals surface area contributed by atoms with E-state index in [4.69, 9.17) is 4.74 Å². The van der Waals surface area contributed by atoms with Crippen LogP contribution in [0.15, 0.2) is 30.3 Å². The zero-order valence-corrected chi connectivity index (χ0v) is 15.4. The fourth-order valence-corrected chi connectivity index (χ4v) is 3.80. The Balaban J connectivity index is 1.53. The van der Waals surface area contributed by atoms with E-state index in [1.807, 2.05) is 18.2 Å². The molecule has 1 aromatic carbocycles. The summed E-state index contributed by atoms with van der Waals surface area (Å²) in [5.74, 6) is -1.09. The lowest BCUT2D eigenvalue weighted by molar-refractivity contribution is -0.148. The smallest absolute Gasteiger partial charge is 0.308 e. The Morgan fingerprint density at radius 1 is 0.963 bits per heavy atom. The molecule has 7 nitrogen and oxygen atoms in total. The first-order valence-electron chi connectivity index (χ1n) is 9.52. The normalized spacial score (nSPS) is 23.0. The van der Waals surface area contributed by atoms with Gasteiger partial charge in [0.1, 0.15) is 5.75 Å². The molecular formula is C20H26N2O5. The molecule has 2 saturated heterocycles. The van der Waals surface area contributed by atoms with Crippen molar-refractivity contribution in [1.29, 1.82) is 0 Å². The number of benzene rings is 1. The molecule has 2 aliphatic heterocycles. The minimum absolute atomic E-state index is 0.0255. The van der Waals surface area contributed by atoms with Crippen LogP contribution < -0.4 is 4.74 Å². The average Bonchev–Trinajstić information content (AvgIpc) is 2.72. The van der Waals surface area contributed by atoms with E-state index in [9.17, 15) is 19.5 Å². The molecule has 0 radical (unpaired) electrons. The molecule has 7 heteroatoms. The van der Waals surface area contributed by atoms with Crippen LogP contribution in [0.3, 0.4) is 0 Å². The number of hydrogen-bond donors (Lipinski definition) is 1. The average molecular weight is 374 g/mol. The summed E-state index contributed by atoms with van der Waals surface area (Å²) in [6.45, 7) is 1.83. The first-order valence-corrected chi connectivity index (χ1v) is 9.52. The van der Waals surface area contributed by atoms with E-state index in [0.717, 1.165) is 12.8 Å². The monoisotopic (exact) mass is 374 g/mol. The van der Waals surface area contributed by atoms with Crippen molar-refractivity contribution in [3.05, 3.63) is 30.3 Å². The Kier molecular flexibility index (Phi) is 6.32. The molecule has 2 atom stereocenters. The van der Waals surface area contributed by atoms with E-state index in [0.29, 0.717) is 38.2 Å². The quantitative estimate of drug-likeness (QED) is 0.846. The molecule has 2 heterocycles. The fourth-order valence-electron chi connectivity index (χ4n) is 3.80. The van der Waals surface area contributed by atoms with Gasteiger partial charge >= 0.3 is 5.97 Å². The minimum Gasteiger partial charge on any atom is -0.484 e. The van der Waals surface area contributed by atoms with Gasteiger partial charge in [-0.3, -0.25) is 14.4 Å². The molecular weight excluding hydrogens is 348 g/mol. The highest BCUT2D eigenvalue weighted by molar-refractivity contribution is 5.82. The van der Waals surface area contributed by atoms with Gasteiger partial charge in [0.2, 0.25) is 5.91 Å². The summed E-state index contributed by atoms with van der Waals surface area (Å²) >= 11 is 0. The van der Waals surface area contributed by atoms with Gasteiger partial charge < -0.3 is 19.6 Å². The van der Waals surface area contributed by atoms with E-state index < -0.39 is 11.9 Å². The summed E-state index contributed by atoms with van der Waals surface area (Å²) in [5, 5.41) is 9.21. The number of carboxylic acids is 1. The van der Waals surface area contributed by atoms with Gasteiger partial charge in [0, 0.05) is 26.2 Å². The van der Waals surface area contributed by atoms with E-state index >= 15 is 0 Å². The van der Waals surface area contributed by atoms with Crippen molar-refractivity contribution in [2.45, 2.75) is 25.7 Å². The molecule has 0 bridgehead atoms. The summed E-state index contributed by atoms with van der Waals surface area (Å²) in [4.78, 5) is 39.9. The second-order valence-electron chi connectivity index (χ2n) is 7.24. The highest BCUT2D eigenvalue weighted by atomic mass is 16.5. The molecule has 0 aromatic heterocycles. The number of amides is 2. The summed E-state index contributed by atoms with van der Waals surface area (Å²) in [6, 6.07) is 9.16. The highest BCUT2D eigenvalue weighted by Gasteiger charge is 2.34. The number of rotatable bonds is 5. The predicted molar refractivity (Wildman–Crippen MR) is 98.2 cm³/mol. The van der Waals surface area contributed by atoms with Crippen LogP contribution in [0.5, 0.6) is 5.75 Å². The first-order chi connectivity index (χ1) is 13.0. The molecule has 0 aliphatic carbocycles. The number of carboxylic acid groups (broad SMARTS) is 1. The van der Waals surface area contributed by atoms with Crippen molar-refractivity contribution in [2.75, 3.05) is 32.8 Å². The van der Waals surface area contributed by atoms with E-state index in [2.05, 4.69) is 0 Å². The minimum atomic E-state index is -0.842. The maximum atomic E-state index is 12.8. The van der Waals surface area contributed by atoms with Crippen molar-refractivity contribution >= 4 is 17.8 Å². The number of para-hydroxylation sites is 1. The Hall–Kier alpha value is -2.57. The van der Waals surface area contributed by atoms with Crippen molar-refractivity contribution in [3.8, 4) is 5.75 Å². The van der Waals surface area contributed by atoms with E-state index in [1.165, 1.54) is 0 Å². The zero-order chi connectivity index (χ0) is 19.2. The molecule has 2 fully saturated rings. The third-order valence-electron chi connectivity index (χ3n) is 5.31. The van der Waals surface area contributed by atoms with Gasteiger partial charge in [0.15, 0.2) is 6.61 Å². The van der Waals surface area contributed by atoms with Crippen LogP contribution in [0, 0.1) is 11.8 Å². The van der Waals surface area contributed by atoms with Gasteiger partial charge in [-0.25, -0.2) is 0 Å². The van der Waals surface area contributed by atoms with Gasteiger partial charge in [0.25, 0.3) is 5.91 Å². The number of likely N-dealkylation sites (tertiary alicyclic amines) is 2. The van der Waals surface area contributed by atoms with Crippen molar-refractivity contribution in [2.24, 2.45) is 11.8 Å². The van der Waals surface area contributed by atoms with E-state index in [-0.39, 0.29) is 30.9 Å². The number of nitrogens with zero attached hydrogens (tertiary/aromatic N) is 2. The summed E-state index contributed by atoms with van der Waals surface area (Å²) in [7, 11) is 0. The molecule has 146 valence electrons. The predicted octanol–water partition coefficient (Wildman–Crippen LogP) is 1.63. The van der Waals surface area contributed by atoms with Crippen LogP contribution in [-0.2, 0) is 14.4 Å². The molecule has 2 unspecified atom stereocenters. The number of piperidine rings is 2. The molecule has 2 aliphatic rings. The number of aliphatic carboxylic acids is 1. The maximum absolute atomic E-state index is 12.8. The number of ether oxygens (including phenoxy) is 1. The Morgan fingerprint density at radius 2 is 1.59 bits per heavy atom. The topological polar surface area (TPSA) is 87.2 Å². The molecule has 1 aromatic rings. The molecule has 27 heavy (non-hydrogen) atoms. The zero-order valence-electron chi connectivity index (χ0n) is 15.4. The van der Waals surface area contributed by atoms with E-state index in [1.54, 1.807) is 21.9 Å². The van der Waals surface area contributed by atoms with Crippen molar-refractivity contribution in [3.63, 3.8) is 0 Å². The van der Waals surface area contributed by atoms with Gasteiger partial charge in [-0.2, -0.15) is 0 Å². The number of carbonyl (C=O) groups excluding carboxylic acids is 2. The third-order valence-corrected chi connectivity index (χ3v) is 5.31. The lowest BCUT2D eigenvalue weighted by Crippen LogP contribution is -2.50. The molecule has 3 rings (SSSR count). The Bertz CT molecular complexity index is 678. The lowest BCUT2D eigenvalue weighted by Gasteiger charge is -2.37. The summed E-state index contributed by atoms with van der Waals surface area (Å²) < 4.78 is 5.52. The molecule has 0 spiro atoms. The third kappa shape index (κ3) is 4.99. The van der Waals surface area contributed by atoms with Gasteiger partial charge in [-0.05, 0) is 37.8 Å². The van der Waals surface area contributed by atoms with Gasteiger partial charge in [-0.15, -0.1) is 0 Å². The number of carbonyl (C=O) groups is 3. The van der Waals surface area contributed by atoms with Crippen LogP contribution in [0.2, 0.25) is 0 Å². The second-order valence-corrected chi connectivity index (χ2v) is 7.24. The van der Waals surface area contributed by atoms with Crippen molar-refractivity contribution < 1.29 is 24.2 Å². The van der Waals surface area contributed by atoms with Crippen LogP contribution >= 0.6 is 0 Å².